The van der Waals surface area contributed by atoms with Crippen LogP contribution < -0.4 is 5.32 Å². The topological polar surface area (TPSA) is 110 Å². The molecule has 0 spiro atoms. The Morgan fingerprint density at radius 2 is 2.03 bits per heavy atom. The summed E-state index contributed by atoms with van der Waals surface area (Å²) in [7, 11) is -3.63. The number of rotatable bonds is 6. The van der Waals surface area contributed by atoms with Crippen LogP contribution in [-0.2, 0) is 14.8 Å². The van der Waals surface area contributed by atoms with E-state index < -0.39 is 15.3 Å². The van der Waals surface area contributed by atoms with Crippen LogP contribution in [0.1, 0.15) is 26.2 Å². The van der Waals surface area contributed by atoms with Crippen LogP contribution in [0.4, 0.5) is 5.69 Å². The number of hydrogen-bond donors (Lipinski definition) is 1. The second kappa shape index (κ2) is 9.11. The Balaban J connectivity index is 1.48. The van der Waals surface area contributed by atoms with E-state index in [9.17, 15) is 13.2 Å². The highest BCUT2D eigenvalue weighted by atomic mass is 35.5. The van der Waals surface area contributed by atoms with Crippen molar-refractivity contribution in [2.45, 2.75) is 41.5 Å². The summed E-state index contributed by atoms with van der Waals surface area (Å²) in [6.45, 7) is 2.71. The van der Waals surface area contributed by atoms with Crippen molar-refractivity contribution in [3.63, 3.8) is 0 Å². The van der Waals surface area contributed by atoms with Gasteiger partial charge in [0.05, 0.1) is 20.9 Å². The number of anilines is 1. The summed E-state index contributed by atoms with van der Waals surface area (Å²) >= 11 is 7.40. The lowest BCUT2D eigenvalue weighted by atomic mass is 10.2. The van der Waals surface area contributed by atoms with Gasteiger partial charge < -0.3 is 5.32 Å². The van der Waals surface area contributed by atoms with Crippen molar-refractivity contribution in [3.8, 4) is 0 Å². The van der Waals surface area contributed by atoms with E-state index in [1.807, 2.05) is 0 Å². The fourth-order valence-electron chi connectivity index (χ4n) is 3.22. The molecule has 1 amide bonds. The van der Waals surface area contributed by atoms with Gasteiger partial charge >= 0.3 is 0 Å². The maximum absolute atomic E-state index is 12.9. The average molecular weight is 481 g/mol. The van der Waals surface area contributed by atoms with Crippen molar-refractivity contribution < 1.29 is 13.2 Å². The molecule has 1 N–H and O–H groups in total. The van der Waals surface area contributed by atoms with Crippen molar-refractivity contribution in [1.29, 1.82) is 0 Å². The summed E-state index contributed by atoms with van der Waals surface area (Å²) in [6.07, 6.45) is 6.05. The summed E-state index contributed by atoms with van der Waals surface area (Å²) in [5.74, 6) is 0.0995. The molecule has 1 aromatic carbocycles. The Hall–Kier alpha value is -2.21. The molecule has 31 heavy (non-hydrogen) atoms. The van der Waals surface area contributed by atoms with E-state index in [1.165, 1.54) is 38.8 Å². The Morgan fingerprint density at radius 1 is 1.26 bits per heavy atom. The Morgan fingerprint density at radius 3 is 2.77 bits per heavy atom. The van der Waals surface area contributed by atoms with Crippen LogP contribution >= 0.6 is 23.4 Å². The summed E-state index contributed by atoms with van der Waals surface area (Å²) < 4.78 is 28.9. The number of nitrogens with one attached hydrogen (secondary N) is 1. The van der Waals surface area contributed by atoms with Crippen LogP contribution in [0.5, 0.6) is 0 Å². The molecular formula is C19H21ClN6O3S2. The highest BCUT2D eigenvalue weighted by molar-refractivity contribution is 8.00. The number of aromatic nitrogens is 4. The predicted molar refractivity (Wildman–Crippen MR) is 119 cm³/mol. The van der Waals surface area contributed by atoms with Gasteiger partial charge in [0.15, 0.2) is 0 Å². The first kappa shape index (κ1) is 22.0. The van der Waals surface area contributed by atoms with E-state index in [1.54, 1.807) is 25.4 Å². The number of carbonyl (C=O) groups is 1. The van der Waals surface area contributed by atoms with Crippen molar-refractivity contribution in [2.75, 3.05) is 18.4 Å². The minimum Gasteiger partial charge on any atom is -0.324 e. The third-order valence-electron chi connectivity index (χ3n) is 4.90. The highest BCUT2D eigenvalue weighted by Crippen LogP contribution is 2.29. The van der Waals surface area contributed by atoms with E-state index in [0.29, 0.717) is 24.0 Å². The smallest absolute Gasteiger partial charge is 0.253 e. The minimum absolute atomic E-state index is 0.113. The summed E-state index contributed by atoms with van der Waals surface area (Å²) in [4.78, 5) is 21.2. The zero-order chi connectivity index (χ0) is 22.0. The number of sulfonamides is 1. The van der Waals surface area contributed by atoms with Crippen molar-refractivity contribution in [1.82, 2.24) is 23.9 Å². The molecular weight excluding hydrogens is 460 g/mol. The molecule has 9 nitrogen and oxygen atoms in total. The van der Waals surface area contributed by atoms with E-state index in [4.69, 9.17) is 11.6 Å². The summed E-state index contributed by atoms with van der Waals surface area (Å²) in [5.41, 5.74) is 0.252. The third kappa shape index (κ3) is 4.84. The zero-order valence-electron chi connectivity index (χ0n) is 16.7. The van der Waals surface area contributed by atoms with Gasteiger partial charge in [0.25, 0.3) is 5.78 Å². The molecule has 0 bridgehead atoms. The van der Waals surface area contributed by atoms with Crippen LogP contribution in [0.15, 0.2) is 46.7 Å². The van der Waals surface area contributed by atoms with E-state index in [-0.39, 0.29) is 21.5 Å². The maximum Gasteiger partial charge on any atom is 0.253 e. The monoisotopic (exact) mass is 480 g/mol. The molecule has 1 atom stereocenters. The third-order valence-corrected chi connectivity index (χ3v) is 8.07. The number of halogens is 1. The second-order valence-corrected chi connectivity index (χ2v) is 10.8. The van der Waals surface area contributed by atoms with E-state index >= 15 is 0 Å². The van der Waals surface area contributed by atoms with Crippen LogP contribution in [0.25, 0.3) is 5.78 Å². The summed E-state index contributed by atoms with van der Waals surface area (Å²) in [6, 6.07) is 6.10. The first-order valence-electron chi connectivity index (χ1n) is 9.79. The Kier molecular flexibility index (Phi) is 6.47. The van der Waals surface area contributed by atoms with Gasteiger partial charge in [-0.2, -0.15) is 9.29 Å². The van der Waals surface area contributed by atoms with Crippen molar-refractivity contribution in [2.24, 2.45) is 0 Å². The van der Waals surface area contributed by atoms with Gasteiger partial charge in [-0.25, -0.2) is 17.9 Å². The Labute approximate surface area is 189 Å². The molecule has 3 heterocycles. The molecule has 1 saturated heterocycles. The molecule has 164 valence electrons. The first-order chi connectivity index (χ1) is 14.8. The van der Waals surface area contributed by atoms with Crippen molar-refractivity contribution >= 4 is 50.8 Å². The van der Waals surface area contributed by atoms with Crippen LogP contribution in [0.2, 0.25) is 5.02 Å². The minimum atomic E-state index is -3.63. The van der Waals surface area contributed by atoms with Gasteiger partial charge in [-0.1, -0.05) is 29.8 Å². The lowest BCUT2D eigenvalue weighted by Gasteiger charge is -2.26. The molecule has 0 unspecified atom stereocenters. The predicted octanol–water partition coefficient (Wildman–Crippen LogP) is 3.07. The molecule has 2 aromatic heterocycles. The summed E-state index contributed by atoms with van der Waals surface area (Å²) in [5, 5.41) is 7.13. The number of hydrogen-bond acceptors (Lipinski definition) is 7. The number of piperidine rings is 1. The normalized spacial score (nSPS) is 16.3. The number of amides is 1. The lowest BCUT2D eigenvalue weighted by Crippen LogP contribution is -2.35. The van der Waals surface area contributed by atoms with Gasteiger partial charge in [-0.05, 0) is 44.0 Å². The number of thioether (sulfide) groups is 1. The fraction of sp³-hybridized carbons (Fsp3) is 0.368. The number of nitrogens with zero attached hydrogens (tertiary/aromatic N) is 5. The molecule has 0 radical (unpaired) electrons. The molecule has 0 saturated carbocycles. The standard InChI is InChI=1S/C19H21ClN6O3S2/c1-13(30-19-23-18-21-8-5-11-26(18)24-19)17(27)22-16-12-14(6-7-15(16)20)31(28,29)25-9-3-2-4-10-25/h5-8,11-13H,2-4,9-10H2,1H3,(H,22,27)/t13-/m1/s1. The van der Waals surface area contributed by atoms with E-state index in [2.05, 4.69) is 20.4 Å². The maximum atomic E-state index is 12.9. The molecule has 1 fully saturated rings. The van der Waals surface area contributed by atoms with Gasteiger partial charge in [0.2, 0.25) is 21.1 Å². The van der Waals surface area contributed by atoms with Crippen LogP contribution in [0, 0.1) is 0 Å². The first-order valence-corrected chi connectivity index (χ1v) is 12.5. The quantitative estimate of drug-likeness (QED) is 0.540. The van der Waals surface area contributed by atoms with Crippen LogP contribution in [-0.4, -0.2) is 56.6 Å². The number of carbonyl (C=O) groups excluding carboxylic acids is 1. The number of fused-ring (bicyclic) bond motifs is 1. The van der Waals surface area contributed by atoms with Crippen LogP contribution in [0.3, 0.4) is 0 Å². The zero-order valence-corrected chi connectivity index (χ0v) is 19.1. The largest absolute Gasteiger partial charge is 0.324 e. The Bertz CT molecular complexity index is 1180. The number of benzene rings is 1. The molecule has 1 aliphatic rings. The van der Waals surface area contributed by atoms with Gasteiger partial charge in [-0.3, -0.25) is 4.79 Å². The SMILES string of the molecule is C[C@@H](Sc1nc2ncccn2n1)C(=O)Nc1cc(S(=O)(=O)N2CCCCC2)ccc1Cl. The van der Waals surface area contributed by atoms with Crippen molar-refractivity contribution in [3.05, 3.63) is 41.7 Å². The highest BCUT2D eigenvalue weighted by Gasteiger charge is 2.27. The van der Waals surface area contributed by atoms with Gasteiger partial charge in [0.1, 0.15) is 0 Å². The molecule has 1 aliphatic heterocycles. The molecule has 4 rings (SSSR count). The van der Waals surface area contributed by atoms with Gasteiger partial charge in [-0.15, -0.1) is 5.10 Å². The molecule has 0 aliphatic carbocycles. The second-order valence-electron chi connectivity index (χ2n) is 7.11. The lowest BCUT2D eigenvalue weighted by molar-refractivity contribution is -0.115. The average Bonchev–Trinajstić information content (AvgIpc) is 3.18. The molecule has 12 heteroatoms. The molecule has 3 aromatic rings. The van der Waals surface area contributed by atoms with E-state index in [0.717, 1.165) is 19.3 Å². The fourth-order valence-corrected chi connectivity index (χ4v) is 5.68. The van der Waals surface area contributed by atoms with Gasteiger partial charge in [0, 0.05) is 25.5 Å².